The molecule has 0 spiro atoms. The first kappa shape index (κ1) is 8.37. The van der Waals surface area contributed by atoms with Crippen LogP contribution in [-0.4, -0.2) is 19.8 Å². The van der Waals surface area contributed by atoms with Crippen molar-refractivity contribution >= 4 is 18.1 Å². The molecule has 3 rings (SSSR count). The number of aromatic amines is 1. The van der Waals surface area contributed by atoms with Crippen LogP contribution in [0.2, 0.25) is 0 Å². The van der Waals surface area contributed by atoms with E-state index in [0.29, 0.717) is 16.5 Å². The predicted molar refractivity (Wildman–Crippen MR) is 55.9 cm³/mol. The Hall–Kier alpha value is -1.95. The van der Waals surface area contributed by atoms with Crippen LogP contribution in [0.25, 0.3) is 17.3 Å². The van der Waals surface area contributed by atoms with Crippen molar-refractivity contribution in [3.8, 4) is 11.5 Å². The van der Waals surface area contributed by atoms with Gasteiger partial charge >= 0.3 is 5.84 Å². The molecule has 0 fully saturated rings. The second-order valence-corrected chi connectivity index (χ2v) is 3.38. The zero-order valence-corrected chi connectivity index (χ0v) is 8.36. The number of nitrogens with zero attached hydrogens (tertiary/aromatic N) is 3. The molecule has 15 heavy (non-hydrogen) atoms. The summed E-state index contributed by atoms with van der Waals surface area (Å²) in [5, 5.41) is 6.93. The van der Waals surface area contributed by atoms with Gasteiger partial charge in [-0.1, -0.05) is 18.2 Å². The van der Waals surface area contributed by atoms with Gasteiger partial charge in [-0.3, -0.25) is 0 Å². The molecule has 6 heteroatoms. The molecule has 0 aliphatic heterocycles. The molecule has 0 radical (unpaired) electrons. The number of hydrogen-bond donors (Lipinski definition) is 1. The lowest BCUT2D eigenvalue weighted by Crippen LogP contribution is -1.86. The third-order valence-electron chi connectivity index (χ3n) is 1.98. The molecule has 1 aromatic carbocycles. The highest BCUT2D eigenvalue weighted by Crippen LogP contribution is 2.17. The maximum Gasteiger partial charge on any atom is 0.343 e. The Morgan fingerprint density at radius 2 is 2.07 bits per heavy atom. The molecule has 3 aromatic rings. The van der Waals surface area contributed by atoms with Crippen molar-refractivity contribution in [1.82, 2.24) is 19.8 Å². The summed E-state index contributed by atoms with van der Waals surface area (Å²) in [6.07, 6.45) is 0. The lowest BCUT2D eigenvalue weighted by atomic mass is 10.2. The van der Waals surface area contributed by atoms with Crippen molar-refractivity contribution in [2.75, 3.05) is 0 Å². The number of H-pyrrole nitrogens is 1. The summed E-state index contributed by atoms with van der Waals surface area (Å²) < 4.78 is 7.20. The average molecular weight is 218 g/mol. The molecule has 0 saturated heterocycles. The fourth-order valence-electron chi connectivity index (χ4n) is 1.33. The normalized spacial score (nSPS) is 10.9. The highest BCUT2D eigenvalue weighted by Gasteiger charge is 2.08. The zero-order valence-electron chi connectivity index (χ0n) is 7.54. The van der Waals surface area contributed by atoms with Gasteiger partial charge in [0, 0.05) is 5.56 Å². The standard InChI is InChI=1S/C9H6N4OS/c15-8-10-9-13(12-8)11-7(14-9)6-4-2-1-3-5-6/h1-5H,(H,12,15). The molecule has 74 valence electrons. The third-order valence-corrected chi connectivity index (χ3v) is 2.16. The minimum Gasteiger partial charge on any atom is -0.402 e. The Balaban J connectivity index is 2.20. The smallest absolute Gasteiger partial charge is 0.343 e. The molecule has 5 nitrogen and oxygen atoms in total. The van der Waals surface area contributed by atoms with E-state index in [2.05, 4.69) is 15.2 Å². The number of nitrogens with one attached hydrogen (secondary N) is 1. The summed E-state index contributed by atoms with van der Waals surface area (Å²) in [5.74, 6) is 0.892. The lowest BCUT2D eigenvalue weighted by molar-refractivity contribution is 0.604. The van der Waals surface area contributed by atoms with E-state index >= 15 is 0 Å². The molecular formula is C9H6N4OS. The van der Waals surface area contributed by atoms with E-state index in [1.165, 1.54) is 4.63 Å². The van der Waals surface area contributed by atoms with Crippen LogP contribution in [0.15, 0.2) is 34.7 Å². The van der Waals surface area contributed by atoms with Crippen LogP contribution in [-0.2, 0) is 0 Å². The fraction of sp³-hybridized carbons (Fsp3) is 0. The Morgan fingerprint density at radius 3 is 2.80 bits per heavy atom. The molecule has 0 aliphatic carbocycles. The minimum atomic E-state index is 0.362. The van der Waals surface area contributed by atoms with Crippen LogP contribution in [0.3, 0.4) is 0 Å². The number of hydrogen-bond acceptors (Lipinski definition) is 4. The quantitative estimate of drug-likeness (QED) is 0.635. The van der Waals surface area contributed by atoms with Crippen LogP contribution in [0.5, 0.6) is 0 Å². The minimum absolute atomic E-state index is 0.362. The topological polar surface area (TPSA) is 59.1 Å². The first-order valence-electron chi connectivity index (χ1n) is 4.34. The van der Waals surface area contributed by atoms with Gasteiger partial charge in [0.25, 0.3) is 0 Å². The van der Waals surface area contributed by atoms with Crippen LogP contribution >= 0.6 is 12.2 Å². The molecule has 0 amide bonds. The summed E-state index contributed by atoms with van der Waals surface area (Å²) in [6.45, 7) is 0. The van der Waals surface area contributed by atoms with Gasteiger partial charge in [0.15, 0.2) is 0 Å². The summed E-state index contributed by atoms with van der Waals surface area (Å²) in [7, 11) is 0. The highest BCUT2D eigenvalue weighted by molar-refractivity contribution is 7.71. The summed E-state index contributed by atoms with van der Waals surface area (Å²) in [6, 6.07) is 9.61. The van der Waals surface area contributed by atoms with Crippen molar-refractivity contribution in [1.29, 1.82) is 0 Å². The van der Waals surface area contributed by atoms with Gasteiger partial charge in [-0.15, -0.1) is 9.73 Å². The Kier molecular flexibility index (Phi) is 1.69. The molecule has 1 N–H and O–H groups in total. The van der Waals surface area contributed by atoms with Crippen molar-refractivity contribution < 1.29 is 4.42 Å². The van der Waals surface area contributed by atoms with E-state index in [9.17, 15) is 0 Å². The first-order valence-corrected chi connectivity index (χ1v) is 4.75. The van der Waals surface area contributed by atoms with E-state index in [0.717, 1.165) is 5.56 Å². The molecule has 0 unspecified atom stereocenters. The SMILES string of the molecule is S=c1nc2oc(-c3ccccc3)nn2[nH]1. The van der Waals surface area contributed by atoms with Crippen LogP contribution in [0, 0.1) is 4.77 Å². The summed E-state index contributed by atoms with van der Waals surface area (Å²) in [5.41, 5.74) is 0.905. The van der Waals surface area contributed by atoms with E-state index in [4.69, 9.17) is 16.6 Å². The molecule has 0 aliphatic rings. The fourth-order valence-corrected chi connectivity index (χ4v) is 1.49. The van der Waals surface area contributed by atoms with Gasteiger partial charge in [-0.05, 0) is 24.4 Å². The van der Waals surface area contributed by atoms with Gasteiger partial charge in [-0.25, -0.2) is 5.10 Å². The van der Waals surface area contributed by atoms with Crippen LogP contribution in [0.4, 0.5) is 0 Å². The monoisotopic (exact) mass is 218 g/mol. The van der Waals surface area contributed by atoms with Crippen molar-refractivity contribution in [2.24, 2.45) is 0 Å². The van der Waals surface area contributed by atoms with E-state index < -0.39 is 0 Å². The maximum absolute atomic E-state index is 5.42. The van der Waals surface area contributed by atoms with Crippen LogP contribution < -0.4 is 0 Å². The van der Waals surface area contributed by atoms with Gasteiger partial charge < -0.3 is 4.42 Å². The first-order chi connectivity index (χ1) is 7.33. The van der Waals surface area contributed by atoms with E-state index in [-0.39, 0.29) is 0 Å². The number of fused-ring (bicyclic) bond motifs is 1. The Labute approximate surface area is 89.4 Å². The van der Waals surface area contributed by atoms with E-state index in [1.54, 1.807) is 0 Å². The number of aromatic nitrogens is 4. The predicted octanol–water partition coefficient (Wildman–Crippen LogP) is 2.05. The van der Waals surface area contributed by atoms with Gasteiger partial charge in [0.05, 0.1) is 0 Å². The van der Waals surface area contributed by atoms with Crippen molar-refractivity contribution in [3.63, 3.8) is 0 Å². The van der Waals surface area contributed by atoms with Crippen molar-refractivity contribution in [3.05, 3.63) is 35.1 Å². The molecule has 0 saturated carbocycles. The van der Waals surface area contributed by atoms with Gasteiger partial charge in [0.1, 0.15) is 0 Å². The molecular weight excluding hydrogens is 212 g/mol. The van der Waals surface area contributed by atoms with Gasteiger partial charge in [0.2, 0.25) is 10.7 Å². The largest absolute Gasteiger partial charge is 0.402 e. The molecule has 0 bridgehead atoms. The lowest BCUT2D eigenvalue weighted by Gasteiger charge is -1.90. The Bertz CT molecular complexity index is 617. The zero-order chi connectivity index (χ0) is 10.3. The average Bonchev–Trinajstić information content (AvgIpc) is 2.76. The van der Waals surface area contributed by atoms with Crippen molar-refractivity contribution in [2.45, 2.75) is 0 Å². The highest BCUT2D eigenvalue weighted by atomic mass is 32.1. The van der Waals surface area contributed by atoms with Gasteiger partial charge in [-0.2, -0.15) is 4.98 Å². The Morgan fingerprint density at radius 1 is 1.27 bits per heavy atom. The third kappa shape index (κ3) is 1.35. The second-order valence-electron chi connectivity index (χ2n) is 3.00. The number of rotatable bonds is 1. The summed E-state index contributed by atoms with van der Waals surface area (Å²) in [4.78, 5) is 3.95. The molecule has 2 heterocycles. The van der Waals surface area contributed by atoms with Crippen LogP contribution in [0.1, 0.15) is 0 Å². The molecule has 0 atom stereocenters. The second kappa shape index (κ2) is 3.03. The van der Waals surface area contributed by atoms with E-state index in [1.807, 2.05) is 30.3 Å². The maximum atomic E-state index is 5.42. The molecule has 2 aromatic heterocycles. The number of benzene rings is 1. The summed E-state index contributed by atoms with van der Waals surface area (Å²) >= 11 is 4.84.